The SMILES string of the molecule is O=C(O)c1ccc(CNC(=O)c2ccccc2OC(F)(F)C(F)F)o1. The normalized spacial score (nSPS) is 11.4. The molecule has 0 aliphatic rings. The first kappa shape index (κ1) is 18.3. The van der Waals surface area contributed by atoms with Crippen LogP contribution in [0.15, 0.2) is 40.8 Å². The predicted octanol–water partition coefficient (Wildman–Crippen LogP) is 3.14. The van der Waals surface area contributed by atoms with Crippen molar-refractivity contribution in [2.24, 2.45) is 0 Å². The number of hydrogen-bond acceptors (Lipinski definition) is 4. The average molecular weight is 361 g/mol. The molecule has 2 N–H and O–H groups in total. The summed E-state index contributed by atoms with van der Waals surface area (Å²) in [6.07, 6.45) is -8.82. The maximum atomic E-state index is 13.0. The van der Waals surface area contributed by atoms with Crippen molar-refractivity contribution in [2.75, 3.05) is 0 Å². The van der Waals surface area contributed by atoms with E-state index in [2.05, 4.69) is 10.1 Å². The Morgan fingerprint density at radius 3 is 2.48 bits per heavy atom. The molecular weight excluding hydrogens is 350 g/mol. The third-order valence-electron chi connectivity index (χ3n) is 2.93. The lowest BCUT2D eigenvalue weighted by Crippen LogP contribution is -2.34. The molecule has 0 radical (unpaired) electrons. The third kappa shape index (κ3) is 4.49. The highest BCUT2D eigenvalue weighted by Crippen LogP contribution is 2.29. The van der Waals surface area contributed by atoms with Gasteiger partial charge in [-0.1, -0.05) is 12.1 Å². The third-order valence-corrected chi connectivity index (χ3v) is 2.93. The molecule has 0 aliphatic heterocycles. The summed E-state index contributed by atoms with van der Waals surface area (Å²) in [5.74, 6) is -3.16. The fraction of sp³-hybridized carbons (Fsp3) is 0.200. The van der Waals surface area contributed by atoms with E-state index in [9.17, 15) is 27.2 Å². The molecule has 134 valence electrons. The zero-order valence-electron chi connectivity index (χ0n) is 12.3. The van der Waals surface area contributed by atoms with Crippen LogP contribution in [-0.4, -0.2) is 29.5 Å². The smallest absolute Gasteiger partial charge is 0.461 e. The summed E-state index contributed by atoms with van der Waals surface area (Å²) in [6, 6.07) is 7.09. The number of carbonyl (C=O) groups excluding carboxylic acids is 1. The minimum absolute atomic E-state index is 0.0991. The van der Waals surface area contributed by atoms with E-state index in [1.165, 1.54) is 24.3 Å². The van der Waals surface area contributed by atoms with Crippen molar-refractivity contribution in [3.63, 3.8) is 0 Å². The number of nitrogens with one attached hydrogen (secondary N) is 1. The van der Waals surface area contributed by atoms with E-state index >= 15 is 0 Å². The number of carboxylic acids is 1. The van der Waals surface area contributed by atoms with Crippen LogP contribution >= 0.6 is 0 Å². The molecule has 2 aromatic rings. The van der Waals surface area contributed by atoms with E-state index in [1.54, 1.807) is 0 Å². The van der Waals surface area contributed by atoms with Gasteiger partial charge in [-0.15, -0.1) is 0 Å². The molecule has 0 atom stereocenters. The van der Waals surface area contributed by atoms with Crippen LogP contribution in [0.4, 0.5) is 17.6 Å². The van der Waals surface area contributed by atoms with Crippen molar-refractivity contribution >= 4 is 11.9 Å². The zero-order valence-corrected chi connectivity index (χ0v) is 12.3. The number of benzene rings is 1. The topological polar surface area (TPSA) is 88.8 Å². The second kappa shape index (κ2) is 7.24. The van der Waals surface area contributed by atoms with Crippen LogP contribution in [0.2, 0.25) is 0 Å². The number of alkyl halides is 4. The van der Waals surface area contributed by atoms with Crippen LogP contribution in [-0.2, 0) is 6.54 Å². The minimum Gasteiger partial charge on any atom is -0.475 e. The van der Waals surface area contributed by atoms with E-state index < -0.39 is 35.7 Å². The van der Waals surface area contributed by atoms with Gasteiger partial charge in [-0.3, -0.25) is 4.79 Å². The summed E-state index contributed by atoms with van der Waals surface area (Å²) in [4.78, 5) is 22.7. The molecule has 6 nitrogen and oxygen atoms in total. The number of carboxylic acid groups (broad SMARTS) is 1. The number of furan rings is 1. The van der Waals surface area contributed by atoms with Gasteiger partial charge >= 0.3 is 18.5 Å². The second-order valence-electron chi connectivity index (χ2n) is 4.71. The van der Waals surface area contributed by atoms with E-state index in [4.69, 9.17) is 9.52 Å². The Morgan fingerprint density at radius 1 is 1.20 bits per heavy atom. The Balaban J connectivity index is 2.10. The van der Waals surface area contributed by atoms with Crippen molar-refractivity contribution in [1.29, 1.82) is 0 Å². The Bertz CT molecular complexity index is 775. The molecule has 1 aromatic carbocycles. The van der Waals surface area contributed by atoms with E-state index in [0.29, 0.717) is 0 Å². The van der Waals surface area contributed by atoms with E-state index in [1.807, 2.05) is 0 Å². The highest BCUT2D eigenvalue weighted by atomic mass is 19.3. The Morgan fingerprint density at radius 2 is 1.88 bits per heavy atom. The summed E-state index contributed by atoms with van der Waals surface area (Å²) in [7, 11) is 0. The van der Waals surface area contributed by atoms with Crippen LogP contribution in [0.5, 0.6) is 5.75 Å². The molecule has 0 saturated heterocycles. The molecule has 0 aliphatic carbocycles. The first-order valence-electron chi connectivity index (χ1n) is 6.75. The quantitative estimate of drug-likeness (QED) is 0.740. The number of para-hydroxylation sites is 1. The fourth-order valence-corrected chi connectivity index (χ4v) is 1.78. The van der Waals surface area contributed by atoms with Crippen LogP contribution < -0.4 is 10.1 Å². The van der Waals surface area contributed by atoms with Gasteiger partial charge in [-0.2, -0.15) is 17.6 Å². The number of hydrogen-bond donors (Lipinski definition) is 2. The Hall–Kier alpha value is -3.04. The van der Waals surface area contributed by atoms with Gasteiger partial charge in [0.2, 0.25) is 5.76 Å². The molecule has 0 saturated carbocycles. The van der Waals surface area contributed by atoms with Crippen LogP contribution in [0.3, 0.4) is 0 Å². The number of rotatable bonds is 7. The summed E-state index contributed by atoms with van der Waals surface area (Å²) in [5.41, 5.74) is -0.396. The van der Waals surface area contributed by atoms with Gasteiger partial charge in [0.1, 0.15) is 11.5 Å². The van der Waals surface area contributed by atoms with Crippen molar-refractivity contribution in [3.05, 3.63) is 53.5 Å². The minimum atomic E-state index is -4.76. The van der Waals surface area contributed by atoms with Gasteiger partial charge in [-0.25, -0.2) is 4.79 Å². The highest BCUT2D eigenvalue weighted by Gasteiger charge is 2.44. The molecule has 0 fully saturated rings. The van der Waals surface area contributed by atoms with Crippen LogP contribution in [0.1, 0.15) is 26.7 Å². The first-order chi connectivity index (χ1) is 11.7. The number of ether oxygens (including phenoxy) is 1. The zero-order chi connectivity index (χ0) is 18.6. The van der Waals surface area contributed by atoms with E-state index in [0.717, 1.165) is 12.1 Å². The van der Waals surface area contributed by atoms with Gasteiger partial charge in [-0.05, 0) is 24.3 Å². The van der Waals surface area contributed by atoms with Crippen LogP contribution in [0, 0.1) is 0 Å². The maximum absolute atomic E-state index is 13.0. The van der Waals surface area contributed by atoms with Crippen molar-refractivity contribution in [1.82, 2.24) is 5.32 Å². The van der Waals surface area contributed by atoms with Gasteiger partial charge in [0.25, 0.3) is 5.91 Å². The Kier molecular flexibility index (Phi) is 5.30. The lowest BCUT2D eigenvalue weighted by molar-refractivity contribution is -0.253. The molecule has 1 heterocycles. The summed E-state index contributed by atoms with van der Waals surface area (Å²) in [6.45, 7) is -0.244. The number of aromatic carboxylic acids is 1. The molecule has 0 unspecified atom stereocenters. The lowest BCUT2D eigenvalue weighted by Gasteiger charge is -2.18. The molecule has 0 spiro atoms. The van der Waals surface area contributed by atoms with Crippen molar-refractivity contribution in [3.8, 4) is 5.75 Å². The van der Waals surface area contributed by atoms with E-state index in [-0.39, 0.29) is 18.1 Å². The summed E-state index contributed by atoms with van der Waals surface area (Å²) >= 11 is 0. The lowest BCUT2D eigenvalue weighted by atomic mass is 10.2. The number of amides is 1. The molecule has 10 heteroatoms. The molecule has 1 amide bonds. The first-order valence-corrected chi connectivity index (χ1v) is 6.75. The van der Waals surface area contributed by atoms with Gasteiger partial charge in [0.05, 0.1) is 12.1 Å². The van der Waals surface area contributed by atoms with Gasteiger partial charge in [0.15, 0.2) is 0 Å². The van der Waals surface area contributed by atoms with Gasteiger partial charge in [0, 0.05) is 0 Å². The second-order valence-corrected chi connectivity index (χ2v) is 4.71. The molecule has 0 bridgehead atoms. The number of carbonyl (C=O) groups is 2. The number of halogens is 4. The average Bonchev–Trinajstić information content (AvgIpc) is 3.02. The molecular formula is C15H11F4NO5. The Labute approximate surface area is 138 Å². The standard InChI is InChI=1S/C15H11F4NO5/c16-14(17)15(18,19)25-10-4-2-1-3-9(10)12(21)20-7-8-5-6-11(24-8)13(22)23/h1-6,14H,7H2,(H,20,21)(H,22,23). The van der Waals surface area contributed by atoms with Crippen molar-refractivity contribution in [2.45, 2.75) is 19.1 Å². The largest absolute Gasteiger partial charge is 0.475 e. The molecule has 1 aromatic heterocycles. The highest BCUT2D eigenvalue weighted by molar-refractivity contribution is 5.96. The van der Waals surface area contributed by atoms with Crippen LogP contribution in [0.25, 0.3) is 0 Å². The molecule has 2 rings (SSSR count). The fourth-order valence-electron chi connectivity index (χ4n) is 1.78. The molecule has 25 heavy (non-hydrogen) atoms. The predicted molar refractivity (Wildman–Crippen MR) is 74.9 cm³/mol. The maximum Gasteiger partial charge on any atom is 0.461 e. The van der Waals surface area contributed by atoms with Gasteiger partial charge < -0.3 is 19.6 Å². The monoisotopic (exact) mass is 361 g/mol. The summed E-state index contributed by atoms with van der Waals surface area (Å²) in [5, 5.41) is 11.0. The summed E-state index contributed by atoms with van der Waals surface area (Å²) < 4.78 is 59.4. The van der Waals surface area contributed by atoms with Crippen molar-refractivity contribution < 1.29 is 41.4 Å².